The standard InChI is InChI=1S/C13H20N2O3S/c1-4-18-13(16)10-5-6-11(14)12(7-10)15-9(2)8-19(3)17/h5-7,9,15H,4,8,14H2,1-3H3. The van der Waals surface area contributed by atoms with Gasteiger partial charge < -0.3 is 15.8 Å². The van der Waals surface area contributed by atoms with Crippen molar-refractivity contribution in [3.05, 3.63) is 23.8 Å². The first-order valence-corrected chi connectivity index (χ1v) is 7.80. The number of anilines is 2. The first-order valence-electron chi connectivity index (χ1n) is 6.07. The van der Waals surface area contributed by atoms with Crippen LogP contribution in [0.15, 0.2) is 18.2 Å². The highest BCUT2D eigenvalue weighted by Crippen LogP contribution is 2.21. The molecule has 0 spiro atoms. The number of benzene rings is 1. The van der Waals surface area contributed by atoms with Crippen molar-refractivity contribution in [2.45, 2.75) is 19.9 Å². The van der Waals surface area contributed by atoms with Gasteiger partial charge in [-0.15, -0.1) is 0 Å². The predicted molar refractivity (Wildman–Crippen MR) is 78.8 cm³/mol. The number of carbonyl (C=O) groups is 1. The molecule has 0 aliphatic rings. The number of carbonyl (C=O) groups excluding carboxylic acids is 1. The molecule has 0 aliphatic carbocycles. The number of nitrogens with two attached hydrogens (primary N) is 1. The van der Waals surface area contributed by atoms with Crippen LogP contribution in [0.2, 0.25) is 0 Å². The Morgan fingerprint density at radius 1 is 1.53 bits per heavy atom. The lowest BCUT2D eigenvalue weighted by molar-refractivity contribution is 0.0526. The molecule has 3 N–H and O–H groups in total. The summed E-state index contributed by atoms with van der Waals surface area (Å²) in [6.07, 6.45) is 1.65. The summed E-state index contributed by atoms with van der Waals surface area (Å²) in [4.78, 5) is 11.6. The van der Waals surface area contributed by atoms with Gasteiger partial charge in [0.05, 0.1) is 23.5 Å². The van der Waals surface area contributed by atoms with Crippen LogP contribution in [0.1, 0.15) is 24.2 Å². The van der Waals surface area contributed by atoms with E-state index in [1.165, 1.54) is 0 Å². The van der Waals surface area contributed by atoms with E-state index in [9.17, 15) is 9.00 Å². The smallest absolute Gasteiger partial charge is 0.338 e. The van der Waals surface area contributed by atoms with Crippen molar-refractivity contribution in [3.63, 3.8) is 0 Å². The molecule has 0 aliphatic heterocycles. The molecule has 0 saturated heterocycles. The van der Waals surface area contributed by atoms with Gasteiger partial charge in [0.25, 0.3) is 0 Å². The molecule has 1 rings (SSSR count). The zero-order chi connectivity index (χ0) is 14.4. The number of hydrogen-bond acceptors (Lipinski definition) is 5. The minimum atomic E-state index is -0.888. The van der Waals surface area contributed by atoms with Crippen LogP contribution < -0.4 is 11.1 Å². The maximum Gasteiger partial charge on any atom is 0.338 e. The van der Waals surface area contributed by atoms with Crippen LogP contribution in [-0.2, 0) is 15.5 Å². The number of nitrogens with one attached hydrogen (secondary N) is 1. The predicted octanol–water partition coefficient (Wildman–Crippen LogP) is 1.62. The summed E-state index contributed by atoms with van der Waals surface area (Å²) in [5.41, 5.74) is 7.50. The van der Waals surface area contributed by atoms with Crippen LogP contribution in [-0.4, -0.2) is 34.8 Å². The first kappa shape index (κ1) is 15.5. The Hall–Kier alpha value is -1.56. The second-order valence-electron chi connectivity index (χ2n) is 4.31. The highest BCUT2D eigenvalue weighted by molar-refractivity contribution is 7.84. The third-order valence-corrected chi connectivity index (χ3v) is 3.42. The van der Waals surface area contributed by atoms with Gasteiger partial charge in [0.15, 0.2) is 0 Å². The molecule has 1 aromatic rings. The molecule has 2 atom stereocenters. The fourth-order valence-electron chi connectivity index (χ4n) is 1.68. The summed E-state index contributed by atoms with van der Waals surface area (Å²) in [6.45, 7) is 4.00. The fraction of sp³-hybridized carbons (Fsp3) is 0.462. The second kappa shape index (κ2) is 7.13. The minimum absolute atomic E-state index is 0.00517. The summed E-state index contributed by atoms with van der Waals surface area (Å²) in [6, 6.07) is 4.94. The Bertz CT molecular complexity index is 477. The van der Waals surface area contributed by atoms with Crippen LogP contribution >= 0.6 is 0 Å². The summed E-state index contributed by atoms with van der Waals surface area (Å²) in [5.74, 6) is 0.139. The van der Waals surface area contributed by atoms with Gasteiger partial charge in [-0.05, 0) is 32.0 Å². The number of ether oxygens (including phenoxy) is 1. The molecule has 19 heavy (non-hydrogen) atoms. The highest BCUT2D eigenvalue weighted by atomic mass is 32.2. The molecule has 0 radical (unpaired) electrons. The molecule has 0 amide bonds. The second-order valence-corrected chi connectivity index (χ2v) is 5.79. The van der Waals surface area contributed by atoms with E-state index >= 15 is 0 Å². The Kier molecular flexibility index (Phi) is 5.82. The fourth-order valence-corrected chi connectivity index (χ4v) is 2.47. The van der Waals surface area contributed by atoms with Gasteiger partial charge in [-0.25, -0.2) is 4.79 Å². The molecule has 0 heterocycles. The zero-order valence-electron chi connectivity index (χ0n) is 11.4. The Morgan fingerprint density at radius 2 is 2.21 bits per heavy atom. The first-order chi connectivity index (χ1) is 8.93. The molecule has 2 unspecified atom stereocenters. The maximum atomic E-state index is 11.6. The average molecular weight is 284 g/mol. The third-order valence-electron chi connectivity index (χ3n) is 2.45. The minimum Gasteiger partial charge on any atom is -0.462 e. The molecule has 0 fully saturated rings. The van der Waals surface area contributed by atoms with Crippen LogP contribution in [0.3, 0.4) is 0 Å². The maximum absolute atomic E-state index is 11.6. The number of hydrogen-bond donors (Lipinski definition) is 2. The van der Waals surface area contributed by atoms with E-state index < -0.39 is 10.8 Å². The third kappa shape index (κ3) is 4.90. The largest absolute Gasteiger partial charge is 0.462 e. The average Bonchev–Trinajstić information content (AvgIpc) is 2.31. The van der Waals surface area contributed by atoms with Gasteiger partial charge >= 0.3 is 5.97 Å². The lowest BCUT2D eigenvalue weighted by Gasteiger charge is -2.16. The van der Waals surface area contributed by atoms with Crippen LogP contribution in [0.5, 0.6) is 0 Å². The summed E-state index contributed by atoms with van der Waals surface area (Å²) < 4.78 is 16.1. The van der Waals surface area contributed by atoms with Crippen molar-refractivity contribution >= 4 is 28.1 Å². The van der Waals surface area contributed by atoms with E-state index in [2.05, 4.69) is 5.32 Å². The van der Waals surface area contributed by atoms with Crippen LogP contribution in [0.25, 0.3) is 0 Å². The van der Waals surface area contributed by atoms with E-state index in [0.29, 0.717) is 29.3 Å². The highest BCUT2D eigenvalue weighted by Gasteiger charge is 2.11. The van der Waals surface area contributed by atoms with E-state index in [-0.39, 0.29) is 12.0 Å². The molecule has 5 nitrogen and oxygen atoms in total. The van der Waals surface area contributed by atoms with Gasteiger partial charge in [-0.1, -0.05) is 0 Å². The van der Waals surface area contributed by atoms with Gasteiger partial charge in [0.1, 0.15) is 0 Å². The van der Waals surface area contributed by atoms with E-state index in [0.717, 1.165) is 0 Å². The zero-order valence-corrected chi connectivity index (χ0v) is 12.3. The van der Waals surface area contributed by atoms with Crippen molar-refractivity contribution < 1.29 is 13.7 Å². The number of rotatable bonds is 6. The Balaban J connectivity index is 2.85. The molecular formula is C13H20N2O3S. The monoisotopic (exact) mass is 284 g/mol. The van der Waals surface area contributed by atoms with Crippen molar-refractivity contribution in [2.24, 2.45) is 0 Å². The molecular weight excluding hydrogens is 264 g/mol. The van der Waals surface area contributed by atoms with Gasteiger partial charge in [-0.3, -0.25) is 4.21 Å². The SMILES string of the molecule is CCOC(=O)c1ccc(N)c(NC(C)CS(C)=O)c1. The normalized spacial score (nSPS) is 13.6. The van der Waals surface area contributed by atoms with Gasteiger partial charge in [-0.2, -0.15) is 0 Å². The van der Waals surface area contributed by atoms with Crippen molar-refractivity contribution in [1.82, 2.24) is 0 Å². The van der Waals surface area contributed by atoms with Crippen LogP contribution in [0.4, 0.5) is 11.4 Å². The molecule has 0 aromatic heterocycles. The molecule has 1 aromatic carbocycles. The Morgan fingerprint density at radius 3 is 2.79 bits per heavy atom. The Labute approximate surface area is 116 Å². The molecule has 0 bridgehead atoms. The molecule has 6 heteroatoms. The topological polar surface area (TPSA) is 81.4 Å². The summed E-state index contributed by atoms with van der Waals surface area (Å²) >= 11 is 0. The van der Waals surface area contributed by atoms with E-state index in [1.807, 2.05) is 6.92 Å². The lowest BCUT2D eigenvalue weighted by atomic mass is 10.1. The van der Waals surface area contributed by atoms with E-state index in [4.69, 9.17) is 10.5 Å². The summed E-state index contributed by atoms with van der Waals surface area (Å²) in [7, 11) is -0.888. The summed E-state index contributed by atoms with van der Waals surface area (Å²) in [5, 5.41) is 3.15. The van der Waals surface area contributed by atoms with Crippen molar-refractivity contribution in [3.8, 4) is 0 Å². The van der Waals surface area contributed by atoms with Crippen molar-refractivity contribution in [1.29, 1.82) is 0 Å². The molecule has 106 valence electrons. The molecule has 0 saturated carbocycles. The van der Waals surface area contributed by atoms with Gasteiger partial charge in [0, 0.05) is 28.9 Å². The quantitative estimate of drug-likeness (QED) is 0.613. The van der Waals surface area contributed by atoms with Gasteiger partial charge in [0.2, 0.25) is 0 Å². The lowest BCUT2D eigenvalue weighted by Crippen LogP contribution is -2.23. The number of esters is 1. The van der Waals surface area contributed by atoms with Crippen LogP contribution in [0, 0.1) is 0 Å². The van der Waals surface area contributed by atoms with E-state index in [1.54, 1.807) is 31.4 Å². The number of nitrogen functional groups attached to an aromatic ring is 1. The van der Waals surface area contributed by atoms with Crippen molar-refractivity contribution in [2.75, 3.05) is 29.7 Å².